The normalized spacial score (nSPS) is 16.9. The molecule has 88 valence electrons. The quantitative estimate of drug-likeness (QED) is 0.852. The van der Waals surface area contributed by atoms with Gasteiger partial charge in [-0.05, 0) is 61.4 Å². The second kappa shape index (κ2) is 5.17. The Kier molecular flexibility index (Phi) is 3.85. The summed E-state index contributed by atoms with van der Waals surface area (Å²) >= 11 is 6.25. The van der Waals surface area contributed by atoms with Crippen molar-refractivity contribution in [3.05, 3.63) is 33.8 Å². The monoisotopic (exact) mass is 239 g/mol. The predicted molar refractivity (Wildman–Crippen MR) is 66.7 cm³/mol. The number of halogens is 1. The van der Waals surface area contributed by atoms with E-state index >= 15 is 0 Å². The summed E-state index contributed by atoms with van der Waals surface area (Å²) in [4.78, 5) is 0. The van der Waals surface area contributed by atoms with Crippen LogP contribution in [-0.2, 0) is 12.8 Å². The van der Waals surface area contributed by atoms with Gasteiger partial charge in [0.25, 0.3) is 0 Å². The topological polar surface area (TPSA) is 46.2 Å². The van der Waals surface area contributed by atoms with Crippen LogP contribution in [0.4, 0.5) is 0 Å². The molecule has 2 nitrogen and oxygen atoms in total. The van der Waals surface area contributed by atoms with Crippen molar-refractivity contribution >= 4 is 11.6 Å². The van der Waals surface area contributed by atoms with Gasteiger partial charge in [-0.2, -0.15) is 0 Å². The van der Waals surface area contributed by atoms with Crippen molar-refractivity contribution in [1.82, 2.24) is 0 Å². The number of hydrogen-bond donors (Lipinski definition) is 2. The maximum absolute atomic E-state index is 9.91. The third-order valence-electron chi connectivity index (χ3n) is 3.26. The lowest BCUT2D eigenvalue weighted by Gasteiger charge is -2.20. The summed E-state index contributed by atoms with van der Waals surface area (Å²) in [6.45, 7) is 0.496. The predicted octanol–water partition coefficient (Wildman–Crippen LogP) is 2.60. The molecule has 0 saturated heterocycles. The fourth-order valence-corrected chi connectivity index (χ4v) is 2.70. The van der Waals surface area contributed by atoms with Gasteiger partial charge in [-0.3, -0.25) is 0 Å². The highest BCUT2D eigenvalue weighted by Crippen LogP contribution is 2.31. The summed E-state index contributed by atoms with van der Waals surface area (Å²) in [5, 5.41) is 10.7. The number of hydrogen-bond acceptors (Lipinski definition) is 2. The van der Waals surface area contributed by atoms with Crippen LogP contribution in [0.5, 0.6) is 0 Å². The van der Waals surface area contributed by atoms with Crippen LogP contribution in [0.2, 0.25) is 5.02 Å². The van der Waals surface area contributed by atoms with E-state index < -0.39 is 6.10 Å². The van der Waals surface area contributed by atoms with Crippen molar-refractivity contribution < 1.29 is 5.11 Å². The van der Waals surface area contributed by atoms with E-state index in [1.54, 1.807) is 0 Å². The molecule has 0 bridgehead atoms. The Morgan fingerprint density at radius 3 is 2.81 bits per heavy atom. The first kappa shape index (κ1) is 11.9. The van der Waals surface area contributed by atoms with Crippen molar-refractivity contribution in [2.45, 2.75) is 38.2 Å². The first-order valence-electron chi connectivity index (χ1n) is 5.91. The van der Waals surface area contributed by atoms with Crippen LogP contribution in [-0.4, -0.2) is 11.7 Å². The Labute approximate surface area is 101 Å². The molecule has 0 amide bonds. The van der Waals surface area contributed by atoms with Gasteiger partial charge in [0.05, 0.1) is 6.10 Å². The van der Waals surface area contributed by atoms with Gasteiger partial charge >= 0.3 is 0 Å². The van der Waals surface area contributed by atoms with E-state index in [0.717, 1.165) is 23.4 Å². The number of aryl methyl sites for hydroxylation is 1. The average molecular weight is 240 g/mol. The van der Waals surface area contributed by atoms with Crippen LogP contribution in [0, 0.1) is 0 Å². The Morgan fingerprint density at radius 1 is 1.31 bits per heavy atom. The molecule has 3 heteroatoms. The number of aliphatic hydroxyl groups is 1. The largest absolute Gasteiger partial charge is 0.388 e. The van der Waals surface area contributed by atoms with E-state index in [4.69, 9.17) is 17.3 Å². The molecule has 1 atom stereocenters. The molecule has 1 aromatic carbocycles. The van der Waals surface area contributed by atoms with Crippen molar-refractivity contribution in [1.29, 1.82) is 0 Å². The summed E-state index contributed by atoms with van der Waals surface area (Å²) in [6.07, 6.45) is 4.71. The second-order valence-electron chi connectivity index (χ2n) is 4.44. The van der Waals surface area contributed by atoms with E-state index in [1.807, 2.05) is 6.07 Å². The molecule has 0 spiro atoms. The Balaban J connectivity index is 2.31. The van der Waals surface area contributed by atoms with Crippen molar-refractivity contribution in [2.24, 2.45) is 5.73 Å². The standard InChI is InChI=1S/C13H18ClNO/c14-12-8-10(13(16)5-6-15)7-9-3-1-2-4-11(9)12/h7-8,13,16H,1-6,15H2. The molecule has 1 aliphatic carbocycles. The summed E-state index contributed by atoms with van der Waals surface area (Å²) in [6, 6.07) is 3.99. The zero-order valence-corrected chi connectivity index (χ0v) is 10.1. The van der Waals surface area contributed by atoms with Gasteiger partial charge in [-0.15, -0.1) is 0 Å². The first-order valence-corrected chi connectivity index (χ1v) is 6.29. The fourth-order valence-electron chi connectivity index (χ4n) is 2.35. The van der Waals surface area contributed by atoms with Gasteiger partial charge in [-0.1, -0.05) is 17.7 Å². The summed E-state index contributed by atoms with van der Waals surface area (Å²) in [7, 11) is 0. The maximum Gasteiger partial charge on any atom is 0.0802 e. The molecule has 0 saturated carbocycles. The fraction of sp³-hybridized carbons (Fsp3) is 0.538. The minimum Gasteiger partial charge on any atom is -0.388 e. The number of rotatable bonds is 3. The third kappa shape index (κ3) is 2.40. The van der Waals surface area contributed by atoms with Gasteiger partial charge in [-0.25, -0.2) is 0 Å². The van der Waals surface area contributed by atoms with Gasteiger partial charge in [0, 0.05) is 5.02 Å². The van der Waals surface area contributed by atoms with Crippen LogP contribution in [0.25, 0.3) is 0 Å². The Hall–Kier alpha value is -0.570. The molecule has 0 aliphatic heterocycles. The maximum atomic E-state index is 9.91. The van der Waals surface area contributed by atoms with Crippen molar-refractivity contribution in [3.63, 3.8) is 0 Å². The molecule has 3 N–H and O–H groups in total. The lowest BCUT2D eigenvalue weighted by atomic mass is 9.89. The Morgan fingerprint density at radius 2 is 2.06 bits per heavy atom. The lowest BCUT2D eigenvalue weighted by molar-refractivity contribution is 0.170. The van der Waals surface area contributed by atoms with Crippen LogP contribution in [0.3, 0.4) is 0 Å². The number of nitrogens with two attached hydrogens (primary N) is 1. The summed E-state index contributed by atoms with van der Waals surface area (Å²) in [5.74, 6) is 0. The highest BCUT2D eigenvalue weighted by atomic mass is 35.5. The number of benzene rings is 1. The zero-order valence-electron chi connectivity index (χ0n) is 9.38. The average Bonchev–Trinajstić information content (AvgIpc) is 2.29. The minimum absolute atomic E-state index is 0.477. The summed E-state index contributed by atoms with van der Waals surface area (Å²) < 4.78 is 0. The molecule has 0 fully saturated rings. The molecular formula is C13H18ClNO. The van der Waals surface area contributed by atoms with E-state index in [9.17, 15) is 5.11 Å². The molecule has 1 aromatic rings. The first-order chi connectivity index (χ1) is 7.72. The van der Waals surface area contributed by atoms with Crippen molar-refractivity contribution in [3.8, 4) is 0 Å². The SMILES string of the molecule is NCCC(O)c1cc(Cl)c2c(c1)CCCC2. The van der Waals surface area contributed by atoms with Crippen LogP contribution < -0.4 is 5.73 Å². The Bertz CT molecular complexity index is 378. The highest BCUT2D eigenvalue weighted by Gasteiger charge is 2.16. The smallest absolute Gasteiger partial charge is 0.0802 e. The molecule has 1 aliphatic rings. The van der Waals surface area contributed by atoms with Gasteiger partial charge in [0.1, 0.15) is 0 Å². The van der Waals surface area contributed by atoms with Crippen LogP contribution >= 0.6 is 11.6 Å². The minimum atomic E-state index is -0.477. The van der Waals surface area contributed by atoms with E-state index in [-0.39, 0.29) is 0 Å². The second-order valence-corrected chi connectivity index (χ2v) is 4.85. The van der Waals surface area contributed by atoms with E-state index in [2.05, 4.69) is 6.07 Å². The highest BCUT2D eigenvalue weighted by molar-refractivity contribution is 6.31. The molecule has 2 rings (SSSR count). The van der Waals surface area contributed by atoms with Gasteiger partial charge in [0.2, 0.25) is 0 Å². The number of aliphatic hydroxyl groups excluding tert-OH is 1. The van der Waals surface area contributed by atoms with E-state index in [1.165, 1.54) is 24.0 Å². The lowest BCUT2D eigenvalue weighted by Crippen LogP contribution is -2.09. The molecule has 1 unspecified atom stereocenters. The molecule has 0 aromatic heterocycles. The van der Waals surface area contributed by atoms with Gasteiger partial charge < -0.3 is 10.8 Å². The molecule has 16 heavy (non-hydrogen) atoms. The molecule has 0 radical (unpaired) electrons. The number of fused-ring (bicyclic) bond motifs is 1. The summed E-state index contributed by atoms with van der Waals surface area (Å²) in [5.41, 5.74) is 8.95. The van der Waals surface area contributed by atoms with Crippen molar-refractivity contribution in [2.75, 3.05) is 6.54 Å². The molecular weight excluding hydrogens is 222 g/mol. The van der Waals surface area contributed by atoms with Crippen LogP contribution in [0.1, 0.15) is 42.1 Å². The zero-order chi connectivity index (χ0) is 11.5. The van der Waals surface area contributed by atoms with Crippen LogP contribution in [0.15, 0.2) is 12.1 Å². The van der Waals surface area contributed by atoms with Gasteiger partial charge in [0.15, 0.2) is 0 Å². The van der Waals surface area contributed by atoms with E-state index in [0.29, 0.717) is 13.0 Å². The third-order valence-corrected chi connectivity index (χ3v) is 3.60. The molecule has 0 heterocycles.